The van der Waals surface area contributed by atoms with Crippen LogP contribution in [0.15, 0.2) is 28.9 Å². The minimum atomic E-state index is -0.746. The summed E-state index contributed by atoms with van der Waals surface area (Å²) >= 11 is 6.15. The van der Waals surface area contributed by atoms with Gasteiger partial charge in [-0.25, -0.2) is 8.78 Å². The van der Waals surface area contributed by atoms with Crippen LogP contribution in [0.25, 0.3) is 0 Å². The Morgan fingerprint density at radius 2 is 1.82 bits per heavy atom. The fourth-order valence-electron chi connectivity index (χ4n) is 1.66. The van der Waals surface area contributed by atoms with E-state index < -0.39 is 17.0 Å². The molecule has 4 heteroatoms. The number of rotatable bonds is 2. The van der Waals surface area contributed by atoms with Crippen LogP contribution in [0.1, 0.15) is 27.8 Å². The van der Waals surface area contributed by atoms with E-state index in [1.54, 1.807) is 13.0 Å². The van der Waals surface area contributed by atoms with Crippen LogP contribution in [0.3, 0.4) is 0 Å². The standard InChI is InChI=1S/C13H11ClF2O/c1-7-3-4-17-13(7)12(14)9-5-8(2)10(15)6-11(9)16/h3-6,12H,1-2H3. The second kappa shape index (κ2) is 4.49. The average molecular weight is 257 g/mol. The quantitative estimate of drug-likeness (QED) is 0.721. The molecule has 0 radical (unpaired) electrons. The Hall–Kier alpha value is -1.35. The maximum absolute atomic E-state index is 13.6. The smallest absolute Gasteiger partial charge is 0.131 e. The lowest BCUT2D eigenvalue weighted by Crippen LogP contribution is -2.00. The van der Waals surface area contributed by atoms with Gasteiger partial charge in [0.05, 0.1) is 6.26 Å². The van der Waals surface area contributed by atoms with Crippen LogP contribution < -0.4 is 0 Å². The first-order chi connectivity index (χ1) is 8.00. The highest BCUT2D eigenvalue weighted by Crippen LogP contribution is 2.34. The van der Waals surface area contributed by atoms with Gasteiger partial charge in [0.1, 0.15) is 22.8 Å². The van der Waals surface area contributed by atoms with Gasteiger partial charge in [-0.1, -0.05) is 0 Å². The molecule has 1 nitrogen and oxygen atoms in total. The third-order valence-corrected chi connectivity index (χ3v) is 3.12. The number of hydrogen-bond acceptors (Lipinski definition) is 1. The molecule has 0 amide bonds. The van der Waals surface area contributed by atoms with Gasteiger partial charge in [-0.05, 0) is 37.1 Å². The Labute approximate surface area is 103 Å². The highest BCUT2D eigenvalue weighted by molar-refractivity contribution is 6.22. The van der Waals surface area contributed by atoms with Crippen molar-refractivity contribution in [3.05, 3.63) is 58.5 Å². The van der Waals surface area contributed by atoms with Crippen LogP contribution >= 0.6 is 11.6 Å². The van der Waals surface area contributed by atoms with E-state index in [4.69, 9.17) is 16.0 Å². The van der Waals surface area contributed by atoms with Gasteiger partial charge >= 0.3 is 0 Å². The largest absolute Gasteiger partial charge is 0.467 e. The summed E-state index contributed by atoms with van der Waals surface area (Å²) in [5.41, 5.74) is 1.42. The van der Waals surface area contributed by atoms with Crippen molar-refractivity contribution < 1.29 is 13.2 Å². The van der Waals surface area contributed by atoms with Gasteiger partial charge < -0.3 is 4.42 Å². The molecule has 0 aliphatic rings. The van der Waals surface area contributed by atoms with Gasteiger partial charge in [0.2, 0.25) is 0 Å². The summed E-state index contributed by atoms with van der Waals surface area (Å²) in [6.07, 6.45) is 1.49. The molecule has 1 unspecified atom stereocenters. The second-order valence-electron chi connectivity index (χ2n) is 3.95. The first-order valence-electron chi connectivity index (χ1n) is 5.14. The zero-order valence-corrected chi connectivity index (χ0v) is 10.2. The SMILES string of the molecule is Cc1cc(C(Cl)c2occc2C)c(F)cc1F. The minimum absolute atomic E-state index is 0.226. The third kappa shape index (κ3) is 2.20. The topological polar surface area (TPSA) is 13.1 Å². The first kappa shape index (κ1) is 12.1. The zero-order valence-electron chi connectivity index (χ0n) is 9.43. The van der Waals surface area contributed by atoms with E-state index in [0.29, 0.717) is 11.3 Å². The fraction of sp³-hybridized carbons (Fsp3) is 0.231. The molecule has 1 aromatic heterocycles. The van der Waals surface area contributed by atoms with E-state index >= 15 is 0 Å². The molecule has 2 rings (SSSR count). The van der Waals surface area contributed by atoms with Crippen LogP contribution in [0, 0.1) is 25.5 Å². The number of aryl methyl sites for hydroxylation is 2. The lowest BCUT2D eigenvalue weighted by molar-refractivity contribution is 0.504. The maximum Gasteiger partial charge on any atom is 0.131 e. The van der Waals surface area contributed by atoms with Gasteiger partial charge in [-0.3, -0.25) is 0 Å². The van der Waals surface area contributed by atoms with Crippen molar-refractivity contribution in [3.63, 3.8) is 0 Å². The third-order valence-electron chi connectivity index (χ3n) is 2.68. The Bertz CT molecular complexity index is 548. The number of benzene rings is 1. The molecular weight excluding hydrogens is 246 g/mol. The Balaban J connectivity index is 2.48. The number of alkyl halides is 1. The summed E-state index contributed by atoms with van der Waals surface area (Å²) in [6, 6.07) is 4.00. The normalized spacial score (nSPS) is 12.8. The molecule has 0 bridgehead atoms. The van der Waals surface area contributed by atoms with Gasteiger partial charge in [-0.2, -0.15) is 0 Å². The lowest BCUT2D eigenvalue weighted by atomic mass is 10.0. The molecule has 0 fully saturated rings. The molecule has 1 heterocycles. The van der Waals surface area contributed by atoms with Gasteiger partial charge in [0.15, 0.2) is 0 Å². The molecule has 0 saturated carbocycles. The lowest BCUT2D eigenvalue weighted by Gasteiger charge is -2.11. The molecule has 17 heavy (non-hydrogen) atoms. The summed E-state index contributed by atoms with van der Waals surface area (Å²) in [4.78, 5) is 0. The summed E-state index contributed by atoms with van der Waals surface area (Å²) in [6.45, 7) is 3.39. The van der Waals surface area contributed by atoms with E-state index in [9.17, 15) is 8.78 Å². The predicted molar refractivity (Wildman–Crippen MR) is 62.2 cm³/mol. The molecule has 0 spiro atoms. The van der Waals surface area contributed by atoms with Crippen molar-refractivity contribution in [1.82, 2.24) is 0 Å². The first-order valence-corrected chi connectivity index (χ1v) is 5.58. The summed E-state index contributed by atoms with van der Waals surface area (Å²) in [5, 5.41) is -0.746. The molecular formula is C13H11ClF2O. The molecule has 0 saturated heterocycles. The van der Waals surface area contributed by atoms with Crippen molar-refractivity contribution in [1.29, 1.82) is 0 Å². The highest BCUT2D eigenvalue weighted by atomic mass is 35.5. The summed E-state index contributed by atoms with van der Waals surface area (Å²) in [7, 11) is 0. The number of furan rings is 1. The van der Waals surface area contributed by atoms with Crippen LogP contribution in [0.2, 0.25) is 0 Å². The van der Waals surface area contributed by atoms with Crippen molar-refractivity contribution in [2.45, 2.75) is 19.2 Å². The second-order valence-corrected chi connectivity index (χ2v) is 4.39. The molecule has 0 aliphatic carbocycles. The van der Waals surface area contributed by atoms with E-state index in [0.717, 1.165) is 11.6 Å². The van der Waals surface area contributed by atoms with E-state index in [1.807, 2.05) is 6.92 Å². The minimum Gasteiger partial charge on any atom is -0.467 e. The Kier molecular flexibility index (Phi) is 3.20. The molecule has 1 aromatic carbocycles. The van der Waals surface area contributed by atoms with Gasteiger partial charge in [0.25, 0.3) is 0 Å². The van der Waals surface area contributed by atoms with Crippen LogP contribution in [0.4, 0.5) is 8.78 Å². The molecule has 2 aromatic rings. The van der Waals surface area contributed by atoms with Crippen LogP contribution in [0.5, 0.6) is 0 Å². The molecule has 1 atom stereocenters. The molecule has 90 valence electrons. The molecule has 0 aliphatic heterocycles. The molecule has 0 N–H and O–H groups in total. The van der Waals surface area contributed by atoms with Crippen molar-refractivity contribution in [2.24, 2.45) is 0 Å². The summed E-state index contributed by atoms with van der Waals surface area (Å²) < 4.78 is 32.0. The number of halogens is 3. The van der Waals surface area contributed by atoms with Crippen molar-refractivity contribution in [2.75, 3.05) is 0 Å². The Morgan fingerprint density at radius 1 is 1.12 bits per heavy atom. The highest BCUT2D eigenvalue weighted by Gasteiger charge is 2.21. The average Bonchev–Trinajstić information content (AvgIpc) is 2.69. The van der Waals surface area contributed by atoms with Crippen molar-refractivity contribution in [3.8, 4) is 0 Å². The van der Waals surface area contributed by atoms with Crippen molar-refractivity contribution >= 4 is 11.6 Å². The van der Waals surface area contributed by atoms with Crippen LogP contribution in [-0.4, -0.2) is 0 Å². The monoisotopic (exact) mass is 256 g/mol. The van der Waals surface area contributed by atoms with E-state index in [1.165, 1.54) is 12.3 Å². The van der Waals surface area contributed by atoms with Gasteiger partial charge in [0, 0.05) is 11.6 Å². The van der Waals surface area contributed by atoms with Crippen LogP contribution in [-0.2, 0) is 0 Å². The zero-order chi connectivity index (χ0) is 12.6. The van der Waals surface area contributed by atoms with Gasteiger partial charge in [-0.15, -0.1) is 11.6 Å². The summed E-state index contributed by atoms with van der Waals surface area (Å²) in [5.74, 6) is -0.758. The predicted octanol–water partition coefficient (Wildman–Crippen LogP) is 4.50. The van der Waals surface area contributed by atoms with E-state index in [2.05, 4.69) is 0 Å². The fourth-order valence-corrected chi connectivity index (χ4v) is 2.05. The number of hydrogen-bond donors (Lipinski definition) is 0. The Morgan fingerprint density at radius 3 is 2.41 bits per heavy atom. The maximum atomic E-state index is 13.6. The van der Waals surface area contributed by atoms with E-state index in [-0.39, 0.29) is 5.56 Å².